The number of rotatable bonds is 7. The van der Waals surface area contributed by atoms with Gasteiger partial charge in [0.15, 0.2) is 0 Å². The second-order valence-electron chi connectivity index (χ2n) is 6.72. The lowest BCUT2D eigenvalue weighted by Gasteiger charge is -2.22. The summed E-state index contributed by atoms with van der Waals surface area (Å²) in [5.41, 5.74) is 1.34. The molecule has 0 fully saturated rings. The number of carbonyl (C=O) groups is 1. The zero-order chi connectivity index (χ0) is 23.3. The molecule has 0 aromatic heterocycles. The highest BCUT2D eigenvalue weighted by Gasteiger charge is 2.27. The normalized spacial score (nSPS) is 11.2. The van der Waals surface area contributed by atoms with Gasteiger partial charge in [-0.3, -0.25) is 4.79 Å². The quantitative estimate of drug-likeness (QED) is 0.421. The van der Waals surface area contributed by atoms with Gasteiger partial charge in [-0.15, -0.1) is 0 Å². The zero-order valence-electron chi connectivity index (χ0n) is 16.4. The summed E-state index contributed by atoms with van der Waals surface area (Å²) in [4.78, 5) is 12.8. The van der Waals surface area contributed by atoms with Gasteiger partial charge in [0.25, 0.3) is 0 Å². The predicted octanol–water partition coefficient (Wildman–Crippen LogP) is 5.46. The van der Waals surface area contributed by atoms with Gasteiger partial charge >= 0.3 is 0 Å². The van der Waals surface area contributed by atoms with E-state index in [0.29, 0.717) is 21.8 Å². The number of nitriles is 1. The van der Waals surface area contributed by atoms with Crippen LogP contribution in [0.2, 0.25) is 10.0 Å². The van der Waals surface area contributed by atoms with Gasteiger partial charge in [0.05, 0.1) is 33.1 Å². The molecule has 0 radical (unpaired) electrons. The van der Waals surface area contributed by atoms with Crippen LogP contribution in [0.3, 0.4) is 0 Å². The van der Waals surface area contributed by atoms with Gasteiger partial charge in [-0.25, -0.2) is 8.42 Å². The molecular weight excluding hydrogens is 537 g/mol. The van der Waals surface area contributed by atoms with Crippen LogP contribution in [0, 0.1) is 11.3 Å². The molecule has 6 nitrogen and oxygen atoms in total. The van der Waals surface area contributed by atoms with Gasteiger partial charge in [0.1, 0.15) is 0 Å². The van der Waals surface area contributed by atoms with E-state index in [4.69, 9.17) is 28.5 Å². The van der Waals surface area contributed by atoms with E-state index in [0.717, 1.165) is 8.78 Å². The molecule has 1 amide bonds. The summed E-state index contributed by atoms with van der Waals surface area (Å²) in [7, 11) is -4.02. The molecule has 32 heavy (non-hydrogen) atoms. The number of anilines is 1. The van der Waals surface area contributed by atoms with Crippen molar-refractivity contribution in [2.75, 3.05) is 11.9 Å². The van der Waals surface area contributed by atoms with Crippen molar-refractivity contribution in [2.45, 2.75) is 11.4 Å². The molecule has 0 aliphatic heterocycles. The van der Waals surface area contributed by atoms with Crippen LogP contribution in [0.5, 0.6) is 0 Å². The molecule has 0 spiro atoms. The third-order valence-corrected chi connectivity index (χ3v) is 7.46. The van der Waals surface area contributed by atoms with E-state index in [1.54, 1.807) is 48.5 Å². The fraction of sp³-hybridized carbons (Fsp3) is 0.0909. The minimum Gasteiger partial charge on any atom is -0.325 e. The van der Waals surface area contributed by atoms with Crippen LogP contribution in [-0.4, -0.2) is 25.2 Å². The second kappa shape index (κ2) is 10.5. The Hall–Kier alpha value is -2.41. The average Bonchev–Trinajstić information content (AvgIpc) is 2.76. The number of sulfonamides is 1. The lowest BCUT2D eigenvalue weighted by Crippen LogP contribution is -2.37. The maximum Gasteiger partial charge on any atom is 0.243 e. The van der Waals surface area contributed by atoms with Crippen molar-refractivity contribution in [2.24, 2.45) is 0 Å². The average molecular weight is 553 g/mol. The Morgan fingerprint density at radius 1 is 1.03 bits per heavy atom. The summed E-state index contributed by atoms with van der Waals surface area (Å²) < 4.78 is 28.4. The van der Waals surface area contributed by atoms with E-state index in [1.165, 1.54) is 18.2 Å². The highest BCUT2D eigenvalue weighted by atomic mass is 79.9. The molecule has 0 atom stereocenters. The van der Waals surface area contributed by atoms with Crippen LogP contribution in [0.25, 0.3) is 0 Å². The van der Waals surface area contributed by atoms with Crippen LogP contribution in [0.1, 0.15) is 11.1 Å². The summed E-state index contributed by atoms with van der Waals surface area (Å²) in [5.74, 6) is -0.555. The summed E-state index contributed by atoms with van der Waals surface area (Å²) in [5, 5.41) is 12.3. The standard InChI is InChI=1S/C22H16BrCl2N3O3S/c23-17-5-7-19(8-6-17)32(30,31)28(13-16-4-9-20(24)21(25)11-16)14-22(29)27-18-3-1-2-15(10-18)12-26/h1-11H,13-14H2,(H,27,29). The summed E-state index contributed by atoms with van der Waals surface area (Å²) >= 11 is 15.3. The first-order valence-corrected chi connectivity index (χ1v) is 12.2. The summed E-state index contributed by atoms with van der Waals surface area (Å²) in [6.45, 7) is -0.545. The molecule has 0 saturated carbocycles. The van der Waals surface area contributed by atoms with Crippen LogP contribution < -0.4 is 5.32 Å². The Morgan fingerprint density at radius 2 is 1.75 bits per heavy atom. The number of hydrogen-bond donors (Lipinski definition) is 1. The molecule has 0 unspecified atom stereocenters. The van der Waals surface area contributed by atoms with Crippen molar-refractivity contribution in [3.63, 3.8) is 0 Å². The molecule has 10 heteroatoms. The van der Waals surface area contributed by atoms with Crippen LogP contribution in [0.4, 0.5) is 5.69 Å². The molecule has 0 aliphatic carbocycles. The topological polar surface area (TPSA) is 90.3 Å². The zero-order valence-corrected chi connectivity index (χ0v) is 20.3. The monoisotopic (exact) mass is 551 g/mol. The van der Waals surface area contributed by atoms with Crippen LogP contribution in [0.15, 0.2) is 76.1 Å². The fourth-order valence-corrected chi connectivity index (χ4v) is 4.82. The van der Waals surface area contributed by atoms with Crippen molar-refractivity contribution in [1.82, 2.24) is 4.31 Å². The number of benzene rings is 3. The molecule has 3 aromatic carbocycles. The molecule has 3 aromatic rings. The first-order valence-electron chi connectivity index (χ1n) is 9.19. The van der Waals surface area contributed by atoms with Crippen molar-refractivity contribution in [1.29, 1.82) is 5.26 Å². The molecule has 0 bridgehead atoms. The third-order valence-electron chi connectivity index (χ3n) is 4.39. The maximum atomic E-state index is 13.3. The lowest BCUT2D eigenvalue weighted by atomic mass is 10.2. The third kappa shape index (κ3) is 6.09. The summed E-state index contributed by atoms with van der Waals surface area (Å²) in [6, 6.07) is 19.2. The fourth-order valence-electron chi connectivity index (χ4n) is 2.85. The molecule has 0 saturated heterocycles. The smallest absolute Gasteiger partial charge is 0.243 e. The maximum absolute atomic E-state index is 13.3. The number of nitrogens with zero attached hydrogens (tertiary/aromatic N) is 2. The van der Waals surface area contributed by atoms with Gasteiger partial charge < -0.3 is 5.32 Å². The van der Waals surface area contributed by atoms with E-state index < -0.39 is 22.5 Å². The number of hydrogen-bond acceptors (Lipinski definition) is 4. The minimum absolute atomic E-state index is 0.0417. The first kappa shape index (κ1) is 24.2. The van der Waals surface area contributed by atoms with E-state index in [1.807, 2.05) is 6.07 Å². The van der Waals surface area contributed by atoms with Crippen molar-refractivity contribution in [3.05, 3.63) is 92.4 Å². The number of amides is 1. The number of nitrogens with one attached hydrogen (secondary N) is 1. The first-order chi connectivity index (χ1) is 15.2. The van der Waals surface area contributed by atoms with E-state index >= 15 is 0 Å². The molecule has 164 valence electrons. The Bertz CT molecular complexity index is 1290. The second-order valence-corrected chi connectivity index (χ2v) is 10.4. The van der Waals surface area contributed by atoms with Crippen molar-refractivity contribution >= 4 is 60.7 Å². The minimum atomic E-state index is -4.02. The Balaban J connectivity index is 1.90. The van der Waals surface area contributed by atoms with E-state index in [2.05, 4.69) is 21.2 Å². The lowest BCUT2D eigenvalue weighted by molar-refractivity contribution is -0.116. The van der Waals surface area contributed by atoms with Crippen molar-refractivity contribution < 1.29 is 13.2 Å². The number of carbonyl (C=O) groups excluding carboxylic acids is 1. The Morgan fingerprint density at radius 3 is 2.41 bits per heavy atom. The van der Waals surface area contributed by atoms with Gasteiger partial charge in [-0.2, -0.15) is 9.57 Å². The SMILES string of the molecule is N#Cc1cccc(NC(=O)CN(Cc2ccc(Cl)c(Cl)c2)S(=O)(=O)c2ccc(Br)cc2)c1. The van der Waals surface area contributed by atoms with Gasteiger partial charge in [-0.05, 0) is 60.2 Å². The molecule has 0 heterocycles. The van der Waals surface area contributed by atoms with E-state index in [9.17, 15) is 13.2 Å². The molecule has 3 rings (SSSR count). The van der Waals surface area contributed by atoms with E-state index in [-0.39, 0.29) is 16.5 Å². The Kier molecular flexibility index (Phi) is 7.93. The highest BCUT2D eigenvalue weighted by molar-refractivity contribution is 9.10. The Labute approximate surface area is 204 Å². The van der Waals surface area contributed by atoms with Crippen LogP contribution >= 0.6 is 39.1 Å². The largest absolute Gasteiger partial charge is 0.325 e. The van der Waals surface area contributed by atoms with Crippen molar-refractivity contribution in [3.8, 4) is 6.07 Å². The predicted molar refractivity (Wildman–Crippen MR) is 128 cm³/mol. The highest BCUT2D eigenvalue weighted by Crippen LogP contribution is 2.25. The van der Waals surface area contributed by atoms with Gasteiger partial charge in [0.2, 0.25) is 15.9 Å². The number of halogens is 3. The molecule has 1 N–H and O–H groups in total. The molecule has 0 aliphatic rings. The molecular formula is C22H16BrCl2N3O3S. The van der Waals surface area contributed by atoms with Gasteiger partial charge in [0, 0.05) is 16.7 Å². The van der Waals surface area contributed by atoms with Crippen LogP contribution in [-0.2, 0) is 21.4 Å². The summed E-state index contributed by atoms with van der Waals surface area (Å²) in [6.07, 6.45) is 0. The van der Waals surface area contributed by atoms with Gasteiger partial charge in [-0.1, -0.05) is 51.3 Å².